The molecule has 3 rings (SSSR count). The molecule has 0 saturated heterocycles. The van der Waals surface area contributed by atoms with E-state index < -0.39 is 0 Å². The summed E-state index contributed by atoms with van der Waals surface area (Å²) in [7, 11) is 0. The number of rotatable bonds is 12. The molecule has 0 aliphatic carbocycles. The first-order valence-corrected chi connectivity index (χ1v) is 11.6. The number of unbranched alkanes of at least 4 members (excludes halogenated alkanes) is 5. The van der Waals surface area contributed by atoms with E-state index in [1.54, 1.807) is 0 Å². The van der Waals surface area contributed by atoms with Gasteiger partial charge in [0.15, 0.2) is 0 Å². The van der Waals surface area contributed by atoms with Gasteiger partial charge in [-0.25, -0.2) is 0 Å². The van der Waals surface area contributed by atoms with Gasteiger partial charge in [-0.05, 0) is 54.2 Å². The van der Waals surface area contributed by atoms with Crippen molar-refractivity contribution < 1.29 is 4.74 Å². The van der Waals surface area contributed by atoms with E-state index >= 15 is 0 Å². The monoisotopic (exact) mass is 401 g/mol. The zero-order valence-corrected chi connectivity index (χ0v) is 18.6. The molecule has 0 aliphatic rings. The Hall–Kier alpha value is -2.61. The van der Waals surface area contributed by atoms with E-state index in [0.29, 0.717) is 0 Å². The molecule has 0 atom stereocenters. The van der Waals surface area contributed by atoms with Crippen molar-refractivity contribution >= 4 is 0 Å². The van der Waals surface area contributed by atoms with Gasteiger partial charge in [0.1, 0.15) is 5.75 Å². The molecule has 0 N–H and O–H groups in total. The van der Waals surface area contributed by atoms with Gasteiger partial charge in [0.05, 0.1) is 6.61 Å². The van der Waals surface area contributed by atoms with E-state index in [1.807, 2.05) is 18.3 Å². The lowest BCUT2D eigenvalue weighted by Gasteiger charge is -2.08. The molecule has 0 bridgehead atoms. The highest BCUT2D eigenvalue weighted by Crippen LogP contribution is 2.26. The minimum atomic E-state index is 0.764. The fraction of sp³-hybridized carbons (Fsp3) is 0.393. The fourth-order valence-electron chi connectivity index (χ4n) is 3.65. The van der Waals surface area contributed by atoms with Crippen molar-refractivity contribution in [2.75, 3.05) is 6.61 Å². The molecule has 2 nitrogen and oxygen atoms in total. The standard InChI is InChI=1S/C28H35NO/c1-3-5-6-7-8-9-10-27-18-15-26(22-29-27)25-13-11-23(12-14-25)24-16-19-28(20-17-24)30-21-4-2/h11-20,22H,3-10,21H2,1-2H3. The maximum Gasteiger partial charge on any atom is 0.119 e. The molecule has 158 valence electrons. The van der Waals surface area contributed by atoms with E-state index in [4.69, 9.17) is 4.74 Å². The largest absolute Gasteiger partial charge is 0.494 e. The lowest BCUT2D eigenvalue weighted by Crippen LogP contribution is -1.94. The van der Waals surface area contributed by atoms with Crippen molar-refractivity contribution in [3.8, 4) is 28.0 Å². The van der Waals surface area contributed by atoms with Crippen LogP contribution in [0.15, 0.2) is 66.9 Å². The summed E-state index contributed by atoms with van der Waals surface area (Å²) in [5.41, 5.74) is 6.01. The van der Waals surface area contributed by atoms with E-state index in [9.17, 15) is 0 Å². The summed E-state index contributed by atoms with van der Waals surface area (Å²) in [4.78, 5) is 4.69. The van der Waals surface area contributed by atoms with Gasteiger partial charge < -0.3 is 4.74 Å². The van der Waals surface area contributed by atoms with Crippen molar-refractivity contribution in [2.45, 2.75) is 65.2 Å². The molecular weight excluding hydrogens is 366 g/mol. The number of benzene rings is 2. The van der Waals surface area contributed by atoms with Crippen LogP contribution in [0.3, 0.4) is 0 Å². The quantitative estimate of drug-likeness (QED) is 0.286. The molecule has 0 radical (unpaired) electrons. The van der Waals surface area contributed by atoms with Crippen LogP contribution >= 0.6 is 0 Å². The number of hydrogen-bond acceptors (Lipinski definition) is 2. The minimum absolute atomic E-state index is 0.764. The number of aromatic nitrogens is 1. The number of ether oxygens (including phenoxy) is 1. The molecule has 30 heavy (non-hydrogen) atoms. The van der Waals surface area contributed by atoms with Gasteiger partial charge in [-0.2, -0.15) is 0 Å². The molecule has 0 fully saturated rings. The first-order valence-electron chi connectivity index (χ1n) is 11.6. The van der Waals surface area contributed by atoms with Crippen LogP contribution in [-0.2, 0) is 6.42 Å². The molecule has 2 heteroatoms. The van der Waals surface area contributed by atoms with Crippen molar-refractivity contribution in [1.29, 1.82) is 0 Å². The summed E-state index contributed by atoms with van der Waals surface area (Å²) in [6.45, 7) is 5.15. The third-order valence-electron chi connectivity index (χ3n) is 5.49. The summed E-state index contributed by atoms with van der Waals surface area (Å²) < 4.78 is 5.67. The Labute approximate surface area is 182 Å². The third kappa shape index (κ3) is 6.73. The molecule has 0 saturated carbocycles. The molecule has 0 unspecified atom stereocenters. The Kier molecular flexibility index (Phi) is 8.96. The second-order valence-electron chi connectivity index (χ2n) is 8.01. The van der Waals surface area contributed by atoms with Crippen molar-refractivity contribution in [3.05, 3.63) is 72.6 Å². The molecular formula is C28H35NO. The first kappa shape index (κ1) is 22.1. The molecule has 2 aromatic carbocycles. The average molecular weight is 402 g/mol. The highest BCUT2D eigenvalue weighted by atomic mass is 16.5. The van der Waals surface area contributed by atoms with Gasteiger partial charge in [0.2, 0.25) is 0 Å². The SMILES string of the molecule is CCCCCCCCc1ccc(-c2ccc(-c3ccc(OCCC)cc3)cc2)cn1. The Morgan fingerprint density at radius 2 is 1.17 bits per heavy atom. The maximum absolute atomic E-state index is 5.67. The second kappa shape index (κ2) is 12.2. The zero-order valence-electron chi connectivity index (χ0n) is 18.6. The Bertz CT molecular complexity index is 851. The number of hydrogen-bond donors (Lipinski definition) is 0. The average Bonchev–Trinajstić information content (AvgIpc) is 2.81. The topological polar surface area (TPSA) is 22.1 Å². The van der Waals surface area contributed by atoms with Gasteiger partial charge in [0.25, 0.3) is 0 Å². The molecule has 0 aliphatic heterocycles. The van der Waals surface area contributed by atoms with Crippen molar-refractivity contribution in [1.82, 2.24) is 4.98 Å². The number of nitrogens with zero attached hydrogens (tertiary/aromatic N) is 1. The van der Waals surface area contributed by atoms with Crippen LogP contribution in [0.2, 0.25) is 0 Å². The first-order chi connectivity index (χ1) is 14.8. The van der Waals surface area contributed by atoms with E-state index in [-0.39, 0.29) is 0 Å². The normalized spacial score (nSPS) is 10.9. The van der Waals surface area contributed by atoms with E-state index in [2.05, 4.69) is 67.4 Å². The Morgan fingerprint density at radius 3 is 1.77 bits per heavy atom. The molecule has 1 aromatic heterocycles. The van der Waals surface area contributed by atoms with E-state index in [0.717, 1.165) is 25.2 Å². The van der Waals surface area contributed by atoms with Crippen LogP contribution in [0.4, 0.5) is 0 Å². The highest BCUT2D eigenvalue weighted by Gasteiger charge is 2.03. The molecule has 1 heterocycles. The van der Waals surface area contributed by atoms with Crippen molar-refractivity contribution in [3.63, 3.8) is 0 Å². The zero-order chi connectivity index (χ0) is 21.0. The van der Waals surface area contributed by atoms with Crippen LogP contribution in [0.1, 0.15) is 64.5 Å². The van der Waals surface area contributed by atoms with Crippen molar-refractivity contribution in [2.24, 2.45) is 0 Å². The predicted octanol–water partition coefficient (Wildman–Crippen LogP) is 8.11. The number of aryl methyl sites for hydroxylation is 1. The predicted molar refractivity (Wildman–Crippen MR) is 128 cm³/mol. The van der Waals surface area contributed by atoms with Gasteiger partial charge in [-0.3, -0.25) is 4.98 Å². The van der Waals surface area contributed by atoms with Gasteiger partial charge in [-0.15, -0.1) is 0 Å². The Morgan fingerprint density at radius 1 is 0.600 bits per heavy atom. The van der Waals surface area contributed by atoms with Gasteiger partial charge >= 0.3 is 0 Å². The lowest BCUT2D eigenvalue weighted by atomic mass is 10.0. The second-order valence-corrected chi connectivity index (χ2v) is 8.01. The van der Waals surface area contributed by atoms with Crippen LogP contribution < -0.4 is 4.74 Å². The highest BCUT2D eigenvalue weighted by molar-refractivity contribution is 5.70. The molecule has 0 spiro atoms. The summed E-state index contributed by atoms with van der Waals surface area (Å²) in [5.74, 6) is 0.935. The van der Waals surface area contributed by atoms with Crippen LogP contribution in [0.25, 0.3) is 22.3 Å². The fourth-order valence-corrected chi connectivity index (χ4v) is 3.65. The molecule has 0 amide bonds. The smallest absolute Gasteiger partial charge is 0.119 e. The van der Waals surface area contributed by atoms with Crippen LogP contribution in [-0.4, -0.2) is 11.6 Å². The lowest BCUT2D eigenvalue weighted by molar-refractivity contribution is 0.317. The summed E-state index contributed by atoms with van der Waals surface area (Å²) >= 11 is 0. The Balaban J connectivity index is 1.54. The van der Waals surface area contributed by atoms with Gasteiger partial charge in [0, 0.05) is 17.5 Å². The van der Waals surface area contributed by atoms with Crippen LogP contribution in [0.5, 0.6) is 5.75 Å². The maximum atomic E-state index is 5.67. The summed E-state index contributed by atoms with van der Waals surface area (Å²) in [6, 6.07) is 21.5. The number of pyridine rings is 1. The molecule has 3 aromatic rings. The minimum Gasteiger partial charge on any atom is -0.494 e. The van der Waals surface area contributed by atoms with E-state index in [1.165, 1.54) is 66.5 Å². The summed E-state index contributed by atoms with van der Waals surface area (Å²) in [6.07, 6.45) is 12.1. The van der Waals surface area contributed by atoms with Gasteiger partial charge in [-0.1, -0.05) is 88.4 Å². The third-order valence-corrected chi connectivity index (χ3v) is 5.49. The van der Waals surface area contributed by atoms with Crippen LogP contribution in [0, 0.1) is 0 Å². The summed E-state index contributed by atoms with van der Waals surface area (Å²) in [5, 5.41) is 0.